The van der Waals surface area contributed by atoms with E-state index in [1.54, 1.807) is 6.07 Å². The molecule has 1 fully saturated rings. The fourth-order valence-electron chi connectivity index (χ4n) is 3.71. The van der Waals surface area contributed by atoms with Crippen molar-refractivity contribution in [2.75, 3.05) is 44.2 Å². The van der Waals surface area contributed by atoms with Gasteiger partial charge in [0.2, 0.25) is 0 Å². The molecule has 1 saturated heterocycles. The molecule has 0 saturated carbocycles. The Kier molecular flexibility index (Phi) is 5.72. The normalized spacial score (nSPS) is 15.6. The summed E-state index contributed by atoms with van der Waals surface area (Å²) in [5.74, 6) is 0. The number of para-hydroxylation sites is 2. The average Bonchev–Trinajstić information content (AvgIpc) is 3.06. The van der Waals surface area contributed by atoms with Crippen LogP contribution in [0.1, 0.15) is 12.0 Å². The third-order valence-corrected chi connectivity index (χ3v) is 5.30. The van der Waals surface area contributed by atoms with Crippen molar-refractivity contribution in [1.29, 1.82) is 0 Å². The second-order valence-corrected chi connectivity index (χ2v) is 7.31. The summed E-state index contributed by atoms with van der Waals surface area (Å²) < 4.78 is 40.0. The number of rotatable bonds is 6. The second-order valence-electron chi connectivity index (χ2n) is 7.31. The second kappa shape index (κ2) is 8.43. The van der Waals surface area contributed by atoms with Crippen molar-refractivity contribution in [1.82, 2.24) is 14.6 Å². The van der Waals surface area contributed by atoms with E-state index in [0.29, 0.717) is 30.9 Å². The van der Waals surface area contributed by atoms with Gasteiger partial charge >= 0.3 is 11.9 Å². The highest BCUT2D eigenvalue weighted by atomic mass is 19.4. The van der Waals surface area contributed by atoms with E-state index in [2.05, 4.69) is 9.88 Å². The van der Waals surface area contributed by atoms with Crippen molar-refractivity contribution in [2.45, 2.75) is 12.6 Å². The first-order chi connectivity index (χ1) is 14.4. The number of aromatic nitrogens is 2. The molecule has 1 aromatic heterocycles. The lowest BCUT2D eigenvalue weighted by atomic mass is 10.1. The van der Waals surface area contributed by atoms with Gasteiger partial charge in [0.1, 0.15) is 12.1 Å². The summed E-state index contributed by atoms with van der Waals surface area (Å²) in [7, 11) is 0. The van der Waals surface area contributed by atoms with Crippen LogP contribution in [0.25, 0.3) is 11.0 Å². The number of fused-ring (bicyclic) bond motifs is 1. The molecule has 30 heavy (non-hydrogen) atoms. The third kappa shape index (κ3) is 4.46. The highest BCUT2D eigenvalue weighted by Gasteiger charge is 2.31. The zero-order valence-corrected chi connectivity index (χ0v) is 16.4. The van der Waals surface area contributed by atoms with Gasteiger partial charge in [-0.05, 0) is 36.8 Å². The number of nitrogens with one attached hydrogen (secondary N) is 1. The summed E-state index contributed by atoms with van der Waals surface area (Å²) in [6, 6.07) is 12.8. The minimum atomic E-state index is -4.33. The maximum atomic E-state index is 12.9. The van der Waals surface area contributed by atoms with Gasteiger partial charge < -0.3 is 14.7 Å². The van der Waals surface area contributed by atoms with E-state index in [9.17, 15) is 18.0 Å². The quantitative estimate of drug-likeness (QED) is 0.623. The fourth-order valence-corrected chi connectivity index (χ4v) is 3.71. The highest BCUT2D eigenvalue weighted by molar-refractivity contribution is 5.74. The molecule has 0 bridgehead atoms. The summed E-state index contributed by atoms with van der Waals surface area (Å²) in [6.45, 7) is 4.07. The number of anilines is 1. The summed E-state index contributed by atoms with van der Waals surface area (Å²) in [5, 5.41) is 0. The molecule has 2 aromatic carbocycles. The number of aromatic amines is 1. The highest BCUT2D eigenvalue weighted by Crippen LogP contribution is 2.31. The maximum absolute atomic E-state index is 12.9. The number of hydrogen-bond donors (Lipinski definition) is 1. The molecule has 0 aliphatic carbocycles. The van der Waals surface area contributed by atoms with Crippen molar-refractivity contribution < 1.29 is 18.0 Å². The Morgan fingerprint density at radius 2 is 1.77 bits per heavy atom. The van der Waals surface area contributed by atoms with Crippen molar-refractivity contribution in [3.63, 3.8) is 0 Å². The zero-order valence-electron chi connectivity index (χ0n) is 16.4. The number of imidazole rings is 1. The Balaban J connectivity index is 1.25. The van der Waals surface area contributed by atoms with Gasteiger partial charge in [-0.15, -0.1) is 4.73 Å². The smallest absolute Gasteiger partial charge is 0.409 e. The van der Waals surface area contributed by atoms with Crippen LogP contribution in [0, 0.1) is 0 Å². The molecule has 0 amide bonds. The van der Waals surface area contributed by atoms with E-state index in [0.717, 1.165) is 37.6 Å². The van der Waals surface area contributed by atoms with Crippen molar-refractivity contribution in [3.05, 3.63) is 64.6 Å². The molecule has 0 radical (unpaired) electrons. The molecule has 4 rings (SSSR count). The van der Waals surface area contributed by atoms with Crippen LogP contribution in [0.3, 0.4) is 0 Å². The lowest BCUT2D eigenvalue weighted by Crippen LogP contribution is -2.47. The van der Waals surface area contributed by atoms with Crippen LogP contribution >= 0.6 is 0 Å². The lowest BCUT2D eigenvalue weighted by Gasteiger charge is -2.36. The van der Waals surface area contributed by atoms with Gasteiger partial charge in [0, 0.05) is 38.4 Å². The molecule has 9 heteroatoms. The first-order valence-electron chi connectivity index (χ1n) is 9.89. The average molecular weight is 420 g/mol. The first-order valence-corrected chi connectivity index (χ1v) is 9.89. The van der Waals surface area contributed by atoms with Gasteiger partial charge in [0.15, 0.2) is 0 Å². The molecule has 0 spiro atoms. The van der Waals surface area contributed by atoms with Gasteiger partial charge in [-0.2, -0.15) is 13.2 Å². The Hall–Kier alpha value is -2.94. The van der Waals surface area contributed by atoms with E-state index in [1.807, 2.05) is 29.2 Å². The van der Waals surface area contributed by atoms with Crippen LogP contribution in [0.4, 0.5) is 18.9 Å². The van der Waals surface area contributed by atoms with Gasteiger partial charge in [0.05, 0.1) is 11.1 Å². The number of piperazine rings is 1. The van der Waals surface area contributed by atoms with Gasteiger partial charge in [-0.25, -0.2) is 4.79 Å². The fraction of sp³-hybridized carbons (Fsp3) is 0.381. The van der Waals surface area contributed by atoms with E-state index in [-0.39, 0.29) is 5.69 Å². The Morgan fingerprint density at radius 1 is 1.00 bits per heavy atom. The molecule has 0 atom stereocenters. The molecular weight excluding hydrogens is 397 g/mol. The molecular formula is C21H23F3N4O2. The molecule has 160 valence electrons. The van der Waals surface area contributed by atoms with Crippen LogP contribution < -0.4 is 15.4 Å². The number of H-pyrrole nitrogens is 1. The maximum Gasteiger partial charge on any atom is 0.416 e. The number of benzene rings is 2. The van der Waals surface area contributed by atoms with Crippen LogP contribution in [0.2, 0.25) is 0 Å². The van der Waals surface area contributed by atoms with Crippen LogP contribution in [-0.4, -0.2) is 53.9 Å². The summed E-state index contributed by atoms with van der Waals surface area (Å²) in [4.78, 5) is 24.6. The molecule has 1 aliphatic rings. The van der Waals surface area contributed by atoms with Gasteiger partial charge in [-0.1, -0.05) is 18.2 Å². The van der Waals surface area contributed by atoms with Crippen LogP contribution in [0.5, 0.6) is 0 Å². The van der Waals surface area contributed by atoms with E-state index in [4.69, 9.17) is 4.84 Å². The van der Waals surface area contributed by atoms with Crippen molar-refractivity contribution >= 4 is 16.7 Å². The SMILES string of the molecule is O=c1[nH]c2ccccc2n1OCCCN1CCN(c2cccc(C(F)(F)F)c2)CC1. The minimum Gasteiger partial charge on any atom is -0.409 e. The predicted molar refractivity (Wildman–Crippen MR) is 109 cm³/mol. The molecule has 3 aromatic rings. The van der Waals surface area contributed by atoms with Gasteiger partial charge in [-0.3, -0.25) is 4.90 Å². The topological polar surface area (TPSA) is 53.5 Å². The largest absolute Gasteiger partial charge is 0.416 e. The number of alkyl halides is 3. The molecule has 6 nitrogen and oxygen atoms in total. The Bertz CT molecular complexity index is 1050. The van der Waals surface area contributed by atoms with Crippen LogP contribution in [0.15, 0.2) is 53.3 Å². The number of hydrogen-bond acceptors (Lipinski definition) is 4. The summed E-state index contributed by atoms with van der Waals surface area (Å²) in [6.07, 6.45) is -3.58. The Labute approximate surface area is 171 Å². The first kappa shape index (κ1) is 20.3. The third-order valence-electron chi connectivity index (χ3n) is 5.30. The standard InChI is InChI=1S/C21H23F3N4O2/c22-21(23,24)16-5-3-6-17(15-16)27-12-10-26(11-13-27)9-4-14-30-28-19-8-2-1-7-18(19)25-20(28)29/h1-3,5-8,15H,4,9-14H2,(H,25,29). The number of nitrogens with zero attached hydrogens (tertiary/aromatic N) is 3. The van der Waals surface area contributed by atoms with E-state index in [1.165, 1.54) is 16.9 Å². The monoisotopic (exact) mass is 420 g/mol. The molecule has 0 unspecified atom stereocenters. The molecule has 2 heterocycles. The van der Waals surface area contributed by atoms with Crippen molar-refractivity contribution in [2.24, 2.45) is 0 Å². The van der Waals surface area contributed by atoms with E-state index >= 15 is 0 Å². The summed E-state index contributed by atoms with van der Waals surface area (Å²) in [5.41, 5.74) is 1.12. The minimum absolute atomic E-state index is 0.300. The summed E-state index contributed by atoms with van der Waals surface area (Å²) >= 11 is 0. The van der Waals surface area contributed by atoms with E-state index < -0.39 is 11.7 Å². The predicted octanol–water partition coefficient (Wildman–Crippen LogP) is 2.99. The molecule has 1 aliphatic heterocycles. The van der Waals surface area contributed by atoms with Crippen molar-refractivity contribution in [3.8, 4) is 0 Å². The zero-order chi connectivity index (χ0) is 21.1. The number of halogens is 3. The van der Waals surface area contributed by atoms with Crippen LogP contribution in [-0.2, 0) is 6.18 Å². The van der Waals surface area contributed by atoms with Gasteiger partial charge in [0.25, 0.3) is 0 Å². The Morgan fingerprint density at radius 3 is 2.53 bits per heavy atom. The lowest BCUT2D eigenvalue weighted by molar-refractivity contribution is -0.137. The molecule has 1 N–H and O–H groups in total.